The summed E-state index contributed by atoms with van der Waals surface area (Å²) in [5.41, 5.74) is 0. The van der Waals surface area contributed by atoms with Crippen molar-refractivity contribution in [2.75, 3.05) is 33.3 Å². The average molecular weight is 442 g/mol. The number of rotatable bonds is 9. The standard InChI is InChI=1S/C17H33O7P3/c1-25(2,18)23-27(4,20)24-26(3,19)21-12-14-8-11-17(22-14)16-10-9-15(16)13-6-5-7-13/h13-17H,5-12H2,1-4H3/t14-,15-,16?,17+,26?,27?/m0/s1. The van der Waals surface area contributed by atoms with Crippen LogP contribution in [0.3, 0.4) is 0 Å². The molecule has 1 saturated heterocycles. The minimum atomic E-state index is -3.73. The zero-order valence-electron chi connectivity index (χ0n) is 16.7. The van der Waals surface area contributed by atoms with Crippen molar-refractivity contribution in [2.24, 2.45) is 17.8 Å². The van der Waals surface area contributed by atoms with Crippen LogP contribution in [0.25, 0.3) is 0 Å². The Labute approximate surface area is 162 Å². The molecule has 27 heavy (non-hydrogen) atoms. The van der Waals surface area contributed by atoms with Crippen LogP contribution in [0.2, 0.25) is 0 Å². The first-order valence-corrected chi connectivity index (χ1v) is 16.4. The van der Waals surface area contributed by atoms with Crippen LogP contribution in [-0.2, 0) is 31.6 Å². The first-order chi connectivity index (χ1) is 12.4. The lowest BCUT2D eigenvalue weighted by atomic mass is 9.59. The van der Waals surface area contributed by atoms with Gasteiger partial charge in [-0.3, -0.25) is 18.0 Å². The highest BCUT2D eigenvalue weighted by molar-refractivity contribution is 7.73. The molecule has 3 unspecified atom stereocenters. The minimum Gasteiger partial charge on any atom is -0.372 e. The molecule has 0 radical (unpaired) electrons. The largest absolute Gasteiger partial charge is 0.372 e. The molecule has 10 heteroatoms. The van der Waals surface area contributed by atoms with E-state index in [2.05, 4.69) is 0 Å². The predicted molar refractivity (Wildman–Crippen MR) is 106 cm³/mol. The maximum Gasteiger partial charge on any atom is 0.340 e. The molecule has 3 fully saturated rings. The van der Waals surface area contributed by atoms with E-state index in [0.29, 0.717) is 5.92 Å². The van der Waals surface area contributed by atoms with Gasteiger partial charge in [0.15, 0.2) is 0 Å². The van der Waals surface area contributed by atoms with Gasteiger partial charge in [0.25, 0.3) is 0 Å². The Morgan fingerprint density at radius 3 is 2.00 bits per heavy atom. The third-order valence-electron chi connectivity index (χ3n) is 5.89. The molecule has 3 aliphatic rings. The summed E-state index contributed by atoms with van der Waals surface area (Å²) in [7, 11) is -10.4. The fourth-order valence-corrected chi connectivity index (χ4v) is 10.5. The van der Waals surface area contributed by atoms with Crippen molar-refractivity contribution in [2.45, 2.75) is 57.2 Å². The van der Waals surface area contributed by atoms with Gasteiger partial charge in [-0.15, -0.1) is 0 Å². The molecule has 0 bridgehead atoms. The van der Waals surface area contributed by atoms with E-state index in [1.807, 2.05) is 0 Å². The van der Waals surface area contributed by atoms with Gasteiger partial charge in [0.2, 0.25) is 7.37 Å². The Bertz CT molecular complexity index is 671. The van der Waals surface area contributed by atoms with Crippen LogP contribution in [0, 0.1) is 17.8 Å². The van der Waals surface area contributed by atoms with Crippen molar-refractivity contribution in [1.82, 2.24) is 0 Å². The predicted octanol–water partition coefficient (Wildman–Crippen LogP) is 5.59. The molecule has 2 saturated carbocycles. The lowest BCUT2D eigenvalue weighted by Crippen LogP contribution is -2.42. The van der Waals surface area contributed by atoms with E-state index < -0.39 is 22.6 Å². The molecular formula is C17H33O7P3. The van der Waals surface area contributed by atoms with E-state index in [-0.39, 0.29) is 18.8 Å². The second-order valence-electron chi connectivity index (χ2n) is 8.72. The van der Waals surface area contributed by atoms with E-state index in [4.69, 9.17) is 17.9 Å². The van der Waals surface area contributed by atoms with Gasteiger partial charge in [-0.2, -0.15) is 0 Å². The second kappa shape index (κ2) is 8.34. The van der Waals surface area contributed by atoms with Gasteiger partial charge >= 0.3 is 15.2 Å². The van der Waals surface area contributed by atoms with Crippen molar-refractivity contribution in [3.63, 3.8) is 0 Å². The molecule has 3 rings (SSSR count). The summed E-state index contributed by atoms with van der Waals surface area (Å²) in [6, 6.07) is 0. The van der Waals surface area contributed by atoms with Crippen molar-refractivity contribution in [3.05, 3.63) is 0 Å². The van der Waals surface area contributed by atoms with Gasteiger partial charge in [0, 0.05) is 26.7 Å². The zero-order chi connectivity index (χ0) is 19.9. The molecule has 7 nitrogen and oxygen atoms in total. The van der Waals surface area contributed by atoms with Gasteiger partial charge in [-0.1, -0.05) is 19.3 Å². The summed E-state index contributed by atoms with van der Waals surface area (Å²) >= 11 is 0. The summed E-state index contributed by atoms with van der Waals surface area (Å²) in [5, 5.41) is 0. The molecule has 0 aromatic heterocycles. The van der Waals surface area contributed by atoms with E-state index in [1.54, 1.807) is 0 Å². The summed E-state index contributed by atoms with van der Waals surface area (Å²) < 4.78 is 58.1. The maximum atomic E-state index is 12.5. The van der Waals surface area contributed by atoms with Crippen LogP contribution >= 0.6 is 22.6 Å². The molecule has 1 heterocycles. The SMILES string of the molecule is CP(C)(=O)OP(C)(=O)OP(C)(=O)OC[C@@H]1CC[C@H](C2CC[C@H]2C2CCC2)O1. The topological polar surface area (TPSA) is 88.1 Å². The van der Waals surface area contributed by atoms with Crippen molar-refractivity contribution >= 4 is 22.6 Å². The average Bonchev–Trinajstić information content (AvgIpc) is 2.83. The molecule has 158 valence electrons. The number of hydrogen-bond donors (Lipinski definition) is 0. The smallest absolute Gasteiger partial charge is 0.340 e. The fourth-order valence-electron chi connectivity index (χ4n) is 4.52. The Kier molecular flexibility index (Phi) is 6.86. The van der Waals surface area contributed by atoms with Crippen LogP contribution in [0.5, 0.6) is 0 Å². The van der Waals surface area contributed by atoms with Gasteiger partial charge in [-0.25, -0.2) is 4.31 Å². The third kappa shape index (κ3) is 6.25. The molecule has 6 atom stereocenters. The lowest BCUT2D eigenvalue weighted by Gasteiger charge is -2.48. The first-order valence-electron chi connectivity index (χ1n) is 9.87. The quantitative estimate of drug-likeness (QED) is 0.430. The highest BCUT2D eigenvalue weighted by atomic mass is 31.3. The Morgan fingerprint density at radius 2 is 1.48 bits per heavy atom. The Morgan fingerprint density at radius 1 is 0.815 bits per heavy atom. The summed E-state index contributed by atoms with van der Waals surface area (Å²) in [5.74, 6) is 2.39. The number of hydrogen-bond acceptors (Lipinski definition) is 7. The van der Waals surface area contributed by atoms with Crippen molar-refractivity contribution in [3.8, 4) is 0 Å². The van der Waals surface area contributed by atoms with E-state index >= 15 is 0 Å². The van der Waals surface area contributed by atoms with Gasteiger partial charge in [0.1, 0.15) is 0 Å². The molecule has 0 amide bonds. The van der Waals surface area contributed by atoms with Crippen LogP contribution in [0.4, 0.5) is 0 Å². The Balaban J connectivity index is 1.44. The van der Waals surface area contributed by atoms with Crippen molar-refractivity contribution < 1.29 is 31.6 Å². The first kappa shape index (κ1) is 22.2. The summed E-state index contributed by atoms with van der Waals surface area (Å²) in [6.45, 7) is 5.22. The van der Waals surface area contributed by atoms with Crippen LogP contribution in [0.1, 0.15) is 44.9 Å². The third-order valence-corrected chi connectivity index (χ3v) is 11.6. The van der Waals surface area contributed by atoms with Gasteiger partial charge in [-0.05, 0) is 43.4 Å². The molecule has 0 spiro atoms. The van der Waals surface area contributed by atoms with E-state index in [1.165, 1.54) is 52.1 Å². The van der Waals surface area contributed by atoms with Crippen molar-refractivity contribution in [1.29, 1.82) is 0 Å². The highest BCUT2D eigenvalue weighted by Crippen LogP contribution is 2.67. The number of ether oxygens (including phenoxy) is 1. The van der Waals surface area contributed by atoms with E-state index in [0.717, 1.165) is 31.3 Å². The van der Waals surface area contributed by atoms with Crippen LogP contribution in [0.15, 0.2) is 0 Å². The van der Waals surface area contributed by atoms with Gasteiger partial charge < -0.3 is 9.26 Å². The molecule has 0 aromatic carbocycles. The normalized spacial score (nSPS) is 36.4. The minimum absolute atomic E-state index is 0.116. The highest BCUT2D eigenvalue weighted by Gasteiger charge is 2.46. The fraction of sp³-hybridized carbons (Fsp3) is 1.00. The Hall–Kier alpha value is 0.530. The molecule has 0 aromatic rings. The zero-order valence-corrected chi connectivity index (χ0v) is 19.4. The maximum absolute atomic E-state index is 12.5. The molecular weight excluding hydrogens is 409 g/mol. The lowest BCUT2D eigenvalue weighted by molar-refractivity contribution is -0.0745. The molecule has 2 aliphatic carbocycles. The second-order valence-corrected chi connectivity index (χ2v) is 15.9. The van der Waals surface area contributed by atoms with E-state index in [9.17, 15) is 13.7 Å². The summed E-state index contributed by atoms with van der Waals surface area (Å²) in [6.07, 6.45) is 8.75. The summed E-state index contributed by atoms with van der Waals surface area (Å²) in [4.78, 5) is 0. The van der Waals surface area contributed by atoms with Crippen LogP contribution < -0.4 is 0 Å². The molecule has 0 N–H and O–H groups in total. The monoisotopic (exact) mass is 442 g/mol. The molecule has 1 aliphatic heterocycles. The van der Waals surface area contributed by atoms with Crippen LogP contribution in [-0.4, -0.2) is 45.5 Å². The van der Waals surface area contributed by atoms with Gasteiger partial charge in [0.05, 0.1) is 18.8 Å².